The molecule has 2 rings (SSSR count). The molecule has 20 heavy (non-hydrogen) atoms. The van der Waals surface area contributed by atoms with Crippen LogP contribution in [-0.2, 0) is 9.59 Å². The van der Waals surface area contributed by atoms with Gasteiger partial charge in [-0.25, -0.2) is 9.18 Å². The lowest BCUT2D eigenvalue weighted by Crippen LogP contribution is -2.66. The first-order valence-corrected chi connectivity index (χ1v) is 6.00. The smallest absolute Gasteiger partial charge is 0.305 e. The maximum atomic E-state index is 13.5. The third kappa shape index (κ3) is 2.47. The predicted octanol–water partition coefficient (Wildman–Crippen LogP) is 1.09. The van der Waals surface area contributed by atoms with Crippen LogP contribution in [0.15, 0.2) is 24.3 Å². The van der Waals surface area contributed by atoms with E-state index in [4.69, 9.17) is 0 Å². The molecule has 4 amide bonds. The number of benzene rings is 1. The van der Waals surface area contributed by atoms with Gasteiger partial charge in [0.1, 0.15) is 17.9 Å². The van der Waals surface area contributed by atoms with Crippen LogP contribution in [0.1, 0.15) is 13.8 Å². The zero-order valence-electron chi connectivity index (χ0n) is 11.1. The SMILES string of the molecule is CC1(C)C(=O)NC(=O)CN1C(=O)Nc1ccccc1F. The van der Waals surface area contributed by atoms with Gasteiger partial charge in [0, 0.05) is 0 Å². The zero-order valence-corrected chi connectivity index (χ0v) is 11.1. The molecule has 0 aliphatic carbocycles. The van der Waals surface area contributed by atoms with E-state index in [0.717, 1.165) is 4.90 Å². The Hall–Kier alpha value is -2.44. The molecule has 1 fully saturated rings. The van der Waals surface area contributed by atoms with Crippen LogP contribution in [0.5, 0.6) is 0 Å². The fourth-order valence-corrected chi connectivity index (χ4v) is 1.85. The van der Waals surface area contributed by atoms with Gasteiger partial charge < -0.3 is 10.2 Å². The molecule has 1 aliphatic rings. The number of carbonyl (C=O) groups excluding carboxylic acids is 3. The molecule has 0 radical (unpaired) electrons. The highest BCUT2D eigenvalue weighted by atomic mass is 19.1. The number of piperazine rings is 1. The number of imide groups is 1. The maximum absolute atomic E-state index is 13.5. The number of para-hydroxylation sites is 1. The van der Waals surface area contributed by atoms with Crippen molar-refractivity contribution in [3.8, 4) is 0 Å². The van der Waals surface area contributed by atoms with Crippen molar-refractivity contribution in [2.45, 2.75) is 19.4 Å². The molecule has 1 heterocycles. The molecule has 7 heteroatoms. The Balaban J connectivity index is 2.22. The molecular formula is C13H14FN3O3. The van der Waals surface area contributed by atoms with Gasteiger partial charge in [-0.3, -0.25) is 14.9 Å². The summed E-state index contributed by atoms with van der Waals surface area (Å²) in [6.45, 7) is 2.75. The van der Waals surface area contributed by atoms with E-state index in [1.54, 1.807) is 6.07 Å². The molecule has 1 aromatic rings. The van der Waals surface area contributed by atoms with Gasteiger partial charge in [0.05, 0.1) is 5.69 Å². The van der Waals surface area contributed by atoms with Crippen LogP contribution >= 0.6 is 0 Å². The highest BCUT2D eigenvalue weighted by Gasteiger charge is 2.43. The van der Waals surface area contributed by atoms with Crippen LogP contribution in [0, 0.1) is 5.82 Å². The van der Waals surface area contributed by atoms with Crippen LogP contribution in [0.3, 0.4) is 0 Å². The minimum absolute atomic E-state index is 0.00766. The Morgan fingerprint density at radius 2 is 2.00 bits per heavy atom. The van der Waals surface area contributed by atoms with Crippen LogP contribution in [0.4, 0.5) is 14.9 Å². The maximum Gasteiger partial charge on any atom is 0.323 e. The first-order chi connectivity index (χ1) is 9.32. The van der Waals surface area contributed by atoms with Crippen molar-refractivity contribution in [3.63, 3.8) is 0 Å². The second-order valence-electron chi connectivity index (χ2n) is 4.93. The number of amides is 4. The second-order valence-corrected chi connectivity index (χ2v) is 4.93. The summed E-state index contributed by atoms with van der Waals surface area (Å²) in [6.07, 6.45) is 0. The number of urea groups is 1. The van der Waals surface area contributed by atoms with Gasteiger partial charge in [0.25, 0.3) is 5.91 Å². The van der Waals surface area contributed by atoms with E-state index in [-0.39, 0.29) is 12.2 Å². The number of halogens is 1. The summed E-state index contributed by atoms with van der Waals surface area (Å²) < 4.78 is 13.5. The molecule has 6 nitrogen and oxygen atoms in total. The molecule has 1 aromatic carbocycles. The molecule has 1 saturated heterocycles. The monoisotopic (exact) mass is 279 g/mol. The molecule has 0 aromatic heterocycles. The van der Waals surface area contributed by atoms with Gasteiger partial charge in [0.15, 0.2) is 0 Å². The summed E-state index contributed by atoms with van der Waals surface area (Å²) in [7, 11) is 0. The molecule has 1 aliphatic heterocycles. The lowest BCUT2D eigenvalue weighted by Gasteiger charge is -2.39. The van der Waals surface area contributed by atoms with Crippen LogP contribution < -0.4 is 10.6 Å². The first kappa shape index (κ1) is 14.0. The summed E-state index contributed by atoms with van der Waals surface area (Å²) in [6, 6.07) is 4.95. The van der Waals surface area contributed by atoms with Crippen molar-refractivity contribution in [2.24, 2.45) is 0 Å². The zero-order chi connectivity index (χ0) is 14.9. The quantitative estimate of drug-likeness (QED) is 0.755. The molecule has 0 saturated carbocycles. The standard InChI is InChI=1S/C13H14FN3O3/c1-13(2)11(19)16-10(18)7-17(13)12(20)15-9-6-4-3-5-8(9)14/h3-6H,7H2,1-2H3,(H,15,20)(H,16,18,19). The van der Waals surface area contributed by atoms with Crippen molar-refractivity contribution in [1.29, 1.82) is 0 Å². The Kier molecular flexibility index (Phi) is 3.44. The normalized spacial score (nSPS) is 17.6. The molecule has 0 atom stereocenters. The largest absolute Gasteiger partial charge is 0.323 e. The van der Waals surface area contributed by atoms with Crippen molar-refractivity contribution < 1.29 is 18.8 Å². The van der Waals surface area contributed by atoms with Gasteiger partial charge in [-0.1, -0.05) is 12.1 Å². The summed E-state index contributed by atoms with van der Waals surface area (Å²) in [5, 5.41) is 4.51. The van der Waals surface area contributed by atoms with Gasteiger partial charge in [-0.2, -0.15) is 0 Å². The van der Waals surface area contributed by atoms with E-state index in [1.807, 2.05) is 0 Å². The lowest BCUT2D eigenvalue weighted by atomic mass is 9.99. The van der Waals surface area contributed by atoms with E-state index >= 15 is 0 Å². The number of nitrogens with zero attached hydrogens (tertiary/aromatic N) is 1. The Morgan fingerprint density at radius 3 is 2.65 bits per heavy atom. The molecule has 0 spiro atoms. The van der Waals surface area contributed by atoms with Gasteiger partial charge in [0.2, 0.25) is 5.91 Å². The number of anilines is 1. The molecule has 0 bridgehead atoms. The Morgan fingerprint density at radius 1 is 1.35 bits per heavy atom. The lowest BCUT2D eigenvalue weighted by molar-refractivity contribution is -0.142. The summed E-state index contributed by atoms with van der Waals surface area (Å²) in [5.74, 6) is -1.73. The van der Waals surface area contributed by atoms with E-state index in [2.05, 4.69) is 10.6 Å². The summed E-state index contributed by atoms with van der Waals surface area (Å²) in [5.41, 5.74) is -1.20. The van der Waals surface area contributed by atoms with Gasteiger partial charge >= 0.3 is 6.03 Å². The van der Waals surface area contributed by atoms with Crippen molar-refractivity contribution >= 4 is 23.5 Å². The van der Waals surface area contributed by atoms with E-state index < -0.39 is 29.2 Å². The molecule has 106 valence electrons. The summed E-state index contributed by atoms with van der Waals surface area (Å²) in [4.78, 5) is 36.3. The second kappa shape index (κ2) is 4.92. The van der Waals surface area contributed by atoms with Crippen molar-refractivity contribution in [3.05, 3.63) is 30.1 Å². The van der Waals surface area contributed by atoms with Gasteiger partial charge in [-0.05, 0) is 26.0 Å². The van der Waals surface area contributed by atoms with Crippen molar-refractivity contribution in [1.82, 2.24) is 10.2 Å². The topological polar surface area (TPSA) is 78.5 Å². The average Bonchev–Trinajstić information content (AvgIpc) is 2.37. The highest BCUT2D eigenvalue weighted by molar-refractivity contribution is 6.07. The minimum atomic E-state index is -1.19. The first-order valence-electron chi connectivity index (χ1n) is 6.00. The summed E-state index contributed by atoms with van der Waals surface area (Å²) >= 11 is 0. The van der Waals surface area contributed by atoms with Crippen molar-refractivity contribution in [2.75, 3.05) is 11.9 Å². The predicted molar refractivity (Wildman–Crippen MR) is 69.4 cm³/mol. The van der Waals surface area contributed by atoms with E-state index in [0.29, 0.717) is 0 Å². The number of hydrogen-bond donors (Lipinski definition) is 2. The molecular weight excluding hydrogens is 265 g/mol. The van der Waals surface area contributed by atoms with Gasteiger partial charge in [-0.15, -0.1) is 0 Å². The number of nitrogens with one attached hydrogen (secondary N) is 2. The fourth-order valence-electron chi connectivity index (χ4n) is 1.85. The van der Waals surface area contributed by atoms with Crippen LogP contribution in [0.25, 0.3) is 0 Å². The van der Waals surface area contributed by atoms with E-state index in [9.17, 15) is 18.8 Å². The van der Waals surface area contributed by atoms with E-state index in [1.165, 1.54) is 32.0 Å². The number of hydrogen-bond acceptors (Lipinski definition) is 3. The Labute approximate surface area is 114 Å². The number of rotatable bonds is 1. The third-order valence-corrected chi connectivity index (χ3v) is 3.15. The molecule has 2 N–H and O–H groups in total. The minimum Gasteiger partial charge on any atom is -0.305 e. The third-order valence-electron chi connectivity index (χ3n) is 3.15. The van der Waals surface area contributed by atoms with Crippen LogP contribution in [-0.4, -0.2) is 34.8 Å². The average molecular weight is 279 g/mol. The number of carbonyl (C=O) groups is 3. The Bertz CT molecular complexity index is 586. The van der Waals surface area contributed by atoms with Crippen LogP contribution in [0.2, 0.25) is 0 Å². The highest BCUT2D eigenvalue weighted by Crippen LogP contribution is 2.20. The fraction of sp³-hybridized carbons (Fsp3) is 0.308. The molecule has 0 unspecified atom stereocenters.